The van der Waals surface area contributed by atoms with Crippen molar-refractivity contribution in [1.29, 1.82) is 5.26 Å². The summed E-state index contributed by atoms with van der Waals surface area (Å²) in [5.41, 5.74) is 4.09. The molecule has 0 spiro atoms. The normalized spacial score (nSPS) is 21.6. The van der Waals surface area contributed by atoms with E-state index in [0.717, 1.165) is 49.1 Å². The van der Waals surface area contributed by atoms with Crippen LogP contribution in [-0.2, 0) is 17.9 Å². The number of benzene rings is 1. The van der Waals surface area contributed by atoms with Crippen LogP contribution in [0.1, 0.15) is 76.9 Å². The summed E-state index contributed by atoms with van der Waals surface area (Å²) < 4.78 is 0. The maximum atomic E-state index is 9.06. The van der Waals surface area contributed by atoms with Crippen LogP contribution >= 0.6 is 11.3 Å². The van der Waals surface area contributed by atoms with Crippen LogP contribution in [0.2, 0.25) is 0 Å². The minimum absolute atomic E-state index is 0.155. The molecule has 1 atom stereocenters. The van der Waals surface area contributed by atoms with Crippen LogP contribution in [0, 0.1) is 17.2 Å². The fraction of sp³-hybridized carbons (Fsp3) is 0.593. The summed E-state index contributed by atoms with van der Waals surface area (Å²) in [6.45, 7) is 4.14. The summed E-state index contributed by atoms with van der Waals surface area (Å²) in [5, 5.41) is 10.8. The fourth-order valence-corrected chi connectivity index (χ4v) is 6.40. The molecule has 1 aromatic heterocycles. The van der Waals surface area contributed by atoms with Crippen LogP contribution in [0.4, 0.5) is 0 Å². The number of likely N-dealkylation sites (tertiary alicyclic amines) is 1. The van der Waals surface area contributed by atoms with E-state index in [-0.39, 0.29) is 6.04 Å². The summed E-state index contributed by atoms with van der Waals surface area (Å²) in [4.78, 5) is 18.9. The highest BCUT2D eigenvalue weighted by Crippen LogP contribution is 2.49. The van der Waals surface area contributed by atoms with Crippen molar-refractivity contribution in [3.8, 4) is 11.8 Å². The number of hydrogen-bond acceptors (Lipinski definition) is 7. The fourth-order valence-electron chi connectivity index (χ4n) is 5.55. The van der Waals surface area contributed by atoms with Crippen molar-refractivity contribution >= 4 is 11.3 Å². The summed E-state index contributed by atoms with van der Waals surface area (Å²) in [6.07, 6.45) is 7.29. The number of hydrogen-bond donors (Lipinski definition) is 0. The molecule has 5 rings (SSSR count). The SMILES string of the molecule is CON1Oc2c(ccc(C3CC3)c2CN(C)C)C1CCC1CCN(Cc2ccc(C#N)s2)CC1. The van der Waals surface area contributed by atoms with E-state index in [1.165, 1.54) is 53.7 Å². The number of nitrogens with zero attached hydrogens (tertiary/aromatic N) is 4. The first-order valence-corrected chi connectivity index (χ1v) is 13.4. The molecular formula is C27H36N4O2S. The van der Waals surface area contributed by atoms with Gasteiger partial charge in [-0.25, -0.2) is 0 Å². The first-order chi connectivity index (χ1) is 16.6. The largest absolute Gasteiger partial charge is 0.379 e. The Bertz CT molecular complexity index is 1030. The monoisotopic (exact) mass is 480 g/mol. The minimum Gasteiger partial charge on any atom is -0.379 e. The summed E-state index contributed by atoms with van der Waals surface area (Å²) in [5.74, 6) is 2.47. The highest BCUT2D eigenvalue weighted by atomic mass is 32.1. The van der Waals surface area contributed by atoms with Crippen molar-refractivity contribution in [2.75, 3.05) is 34.3 Å². The standard InChI is InChI=1S/C27H36N4O2S/c1-29(2)18-25-23(20-5-6-20)9-10-24-26(31(32-3)33-27(24)25)11-4-19-12-14-30(15-13-19)17-22-8-7-21(16-28)34-22/h7-10,19-20,26H,4-6,11-15,17-18H2,1-3H3. The molecule has 1 saturated carbocycles. The van der Waals surface area contributed by atoms with Gasteiger partial charge in [0, 0.05) is 29.1 Å². The zero-order valence-corrected chi connectivity index (χ0v) is 21.4. The van der Waals surface area contributed by atoms with Crippen LogP contribution in [-0.4, -0.2) is 49.3 Å². The van der Waals surface area contributed by atoms with Gasteiger partial charge in [0.2, 0.25) is 0 Å². The van der Waals surface area contributed by atoms with Gasteiger partial charge in [-0.3, -0.25) is 9.74 Å². The molecule has 2 fully saturated rings. The second kappa shape index (κ2) is 10.3. The second-order valence-corrected chi connectivity index (χ2v) is 11.5. The van der Waals surface area contributed by atoms with E-state index in [0.29, 0.717) is 5.92 Å². The molecule has 1 unspecified atom stereocenters. The molecule has 1 saturated heterocycles. The molecule has 0 N–H and O–H groups in total. The van der Waals surface area contributed by atoms with Crippen LogP contribution in [0.3, 0.4) is 0 Å². The first kappa shape index (κ1) is 23.8. The maximum Gasteiger partial charge on any atom is 0.160 e. The molecule has 182 valence electrons. The van der Waals surface area contributed by atoms with Gasteiger partial charge in [-0.15, -0.1) is 11.3 Å². The Morgan fingerprint density at radius 3 is 2.50 bits per heavy atom. The number of hydroxylamine groups is 2. The maximum absolute atomic E-state index is 9.06. The molecule has 34 heavy (non-hydrogen) atoms. The van der Waals surface area contributed by atoms with Crippen LogP contribution in [0.15, 0.2) is 24.3 Å². The predicted octanol–water partition coefficient (Wildman–Crippen LogP) is 5.46. The molecule has 1 aromatic carbocycles. The Morgan fingerprint density at radius 2 is 1.85 bits per heavy atom. The predicted molar refractivity (Wildman–Crippen MR) is 134 cm³/mol. The number of nitriles is 1. The van der Waals surface area contributed by atoms with Crippen LogP contribution in [0.25, 0.3) is 0 Å². The van der Waals surface area contributed by atoms with Gasteiger partial charge in [0.1, 0.15) is 17.0 Å². The minimum atomic E-state index is 0.155. The number of fused-ring (bicyclic) bond motifs is 1. The van der Waals surface area contributed by atoms with E-state index >= 15 is 0 Å². The van der Waals surface area contributed by atoms with Crippen LogP contribution in [0.5, 0.6) is 5.75 Å². The van der Waals surface area contributed by atoms with Gasteiger partial charge in [0.25, 0.3) is 0 Å². The molecule has 0 radical (unpaired) electrons. The molecule has 7 heteroatoms. The third-order valence-electron chi connectivity index (χ3n) is 7.50. The third-order valence-corrected chi connectivity index (χ3v) is 8.47. The molecule has 3 heterocycles. The average molecular weight is 481 g/mol. The number of rotatable bonds is 9. The smallest absolute Gasteiger partial charge is 0.160 e. The van der Waals surface area contributed by atoms with Gasteiger partial charge in [0.05, 0.1) is 7.11 Å². The van der Waals surface area contributed by atoms with E-state index in [4.69, 9.17) is 14.9 Å². The van der Waals surface area contributed by atoms with E-state index in [9.17, 15) is 0 Å². The topological polar surface area (TPSA) is 52.0 Å². The lowest BCUT2D eigenvalue weighted by atomic mass is 9.88. The van der Waals surface area contributed by atoms with Crippen molar-refractivity contribution < 1.29 is 9.68 Å². The molecule has 6 nitrogen and oxygen atoms in total. The van der Waals surface area contributed by atoms with Crippen molar-refractivity contribution in [2.24, 2.45) is 5.92 Å². The summed E-state index contributed by atoms with van der Waals surface area (Å²) >= 11 is 1.62. The average Bonchev–Trinajstić information content (AvgIpc) is 3.47. The van der Waals surface area contributed by atoms with Crippen molar-refractivity contribution in [3.63, 3.8) is 0 Å². The third kappa shape index (κ3) is 5.17. The van der Waals surface area contributed by atoms with Crippen molar-refractivity contribution in [1.82, 2.24) is 15.0 Å². The molecule has 0 amide bonds. The molecule has 2 aromatic rings. The van der Waals surface area contributed by atoms with Gasteiger partial charge >= 0.3 is 0 Å². The molecule has 1 aliphatic carbocycles. The highest BCUT2D eigenvalue weighted by Gasteiger charge is 2.38. The van der Waals surface area contributed by atoms with E-state index in [1.54, 1.807) is 23.7 Å². The number of piperidine rings is 1. The lowest BCUT2D eigenvalue weighted by Gasteiger charge is -2.32. The Hall–Kier alpha value is -1.95. The highest BCUT2D eigenvalue weighted by molar-refractivity contribution is 7.12. The van der Waals surface area contributed by atoms with Gasteiger partial charge in [-0.1, -0.05) is 12.1 Å². The zero-order chi connectivity index (χ0) is 23.7. The van der Waals surface area contributed by atoms with E-state index in [1.807, 2.05) is 6.07 Å². The molecule has 0 bridgehead atoms. The molecule has 2 aliphatic heterocycles. The van der Waals surface area contributed by atoms with E-state index < -0.39 is 0 Å². The Labute approximate surface area is 207 Å². The van der Waals surface area contributed by atoms with E-state index in [2.05, 4.69) is 48.2 Å². The quantitative estimate of drug-likeness (QED) is 0.475. The zero-order valence-electron chi connectivity index (χ0n) is 20.6. The lowest BCUT2D eigenvalue weighted by Crippen LogP contribution is -2.33. The lowest BCUT2D eigenvalue weighted by molar-refractivity contribution is -0.315. The van der Waals surface area contributed by atoms with Gasteiger partial charge in [0.15, 0.2) is 5.75 Å². The van der Waals surface area contributed by atoms with Crippen molar-refractivity contribution in [3.05, 3.63) is 50.7 Å². The number of thiophene rings is 1. The molecule has 3 aliphatic rings. The van der Waals surface area contributed by atoms with Gasteiger partial charge < -0.3 is 9.74 Å². The Balaban J connectivity index is 1.20. The van der Waals surface area contributed by atoms with Crippen LogP contribution < -0.4 is 4.84 Å². The van der Waals surface area contributed by atoms with Crippen molar-refractivity contribution in [2.45, 2.75) is 63.6 Å². The Kier molecular flexibility index (Phi) is 7.24. The second-order valence-electron chi connectivity index (χ2n) is 10.3. The summed E-state index contributed by atoms with van der Waals surface area (Å²) in [7, 11) is 5.97. The summed E-state index contributed by atoms with van der Waals surface area (Å²) in [6, 6.07) is 11.1. The first-order valence-electron chi connectivity index (χ1n) is 12.6. The molecular weight excluding hydrogens is 444 g/mol. The van der Waals surface area contributed by atoms with Gasteiger partial charge in [-0.05, 0) is 100 Å². The van der Waals surface area contributed by atoms with Gasteiger partial charge in [-0.2, -0.15) is 5.26 Å². The Morgan fingerprint density at radius 1 is 1.09 bits per heavy atom.